The average molecular weight is 567 g/mol. The highest BCUT2D eigenvalue weighted by Gasteiger charge is 2.33. The Morgan fingerprint density at radius 1 is 1.21 bits per heavy atom. The fraction of sp³-hybridized carbons (Fsp3) is 0.143. The van der Waals surface area contributed by atoms with E-state index in [-0.39, 0.29) is 22.3 Å². The molecule has 3 heterocycles. The van der Waals surface area contributed by atoms with Crippen LogP contribution in [0.3, 0.4) is 0 Å². The first-order valence-electron chi connectivity index (χ1n) is 11.8. The van der Waals surface area contributed by atoms with Gasteiger partial charge in [-0.1, -0.05) is 35.1 Å². The molecule has 4 aromatic rings. The van der Waals surface area contributed by atoms with Gasteiger partial charge in [0.05, 0.1) is 39.0 Å². The van der Waals surface area contributed by atoms with Crippen LogP contribution in [0.2, 0.25) is 5.02 Å². The standard InChI is InChI=1S/C28H20ClFN2O6S/c1-3-37-27(36)23-14(2)31-28-32(24(23)15-4-7-17(30)8-5-15)25(33)22(39-28)13-18-9-11-21(38-18)19-12-16(26(34)35)6-10-20(19)29/h4-13,24H,3H2,1-2H3,(H,34,35)/b22-13+. The second kappa shape index (κ2) is 10.5. The molecule has 1 atom stereocenters. The summed E-state index contributed by atoms with van der Waals surface area (Å²) in [7, 11) is 0. The molecule has 2 aromatic carbocycles. The summed E-state index contributed by atoms with van der Waals surface area (Å²) in [5.41, 5.74) is 1.12. The van der Waals surface area contributed by atoms with Gasteiger partial charge in [-0.15, -0.1) is 0 Å². The number of thiazole rings is 1. The van der Waals surface area contributed by atoms with Gasteiger partial charge in [0.2, 0.25) is 0 Å². The van der Waals surface area contributed by atoms with Crippen LogP contribution in [0.1, 0.15) is 41.6 Å². The average Bonchev–Trinajstić information content (AvgIpc) is 3.48. The van der Waals surface area contributed by atoms with Crippen molar-refractivity contribution in [3.63, 3.8) is 0 Å². The SMILES string of the molecule is CCOC(=O)C1=C(C)N=c2s/c(=C/c3ccc(-c4cc(C(=O)O)ccc4Cl)o3)c(=O)n2C1c1ccc(F)cc1. The van der Waals surface area contributed by atoms with Gasteiger partial charge in [0.25, 0.3) is 5.56 Å². The Balaban J connectivity index is 1.62. The first-order chi connectivity index (χ1) is 18.7. The molecule has 1 aliphatic heterocycles. The first-order valence-corrected chi connectivity index (χ1v) is 13.0. The molecule has 0 radical (unpaired) electrons. The van der Waals surface area contributed by atoms with Gasteiger partial charge in [-0.2, -0.15) is 0 Å². The molecule has 0 spiro atoms. The molecule has 0 saturated carbocycles. The van der Waals surface area contributed by atoms with Crippen LogP contribution in [0, 0.1) is 5.82 Å². The number of benzene rings is 2. The Morgan fingerprint density at radius 2 is 1.95 bits per heavy atom. The molecule has 0 aliphatic carbocycles. The normalized spacial score (nSPS) is 15.2. The number of esters is 1. The Labute approximate surface area is 229 Å². The van der Waals surface area contributed by atoms with Gasteiger partial charge in [-0.05, 0) is 61.9 Å². The number of aromatic nitrogens is 1. The predicted molar refractivity (Wildman–Crippen MR) is 143 cm³/mol. The molecule has 11 heteroatoms. The number of halogens is 2. The first kappa shape index (κ1) is 26.3. The molecule has 0 bridgehead atoms. The van der Waals surface area contributed by atoms with Gasteiger partial charge >= 0.3 is 11.9 Å². The van der Waals surface area contributed by atoms with E-state index in [1.165, 1.54) is 53.1 Å². The highest BCUT2D eigenvalue weighted by molar-refractivity contribution is 7.07. The highest BCUT2D eigenvalue weighted by Crippen LogP contribution is 2.32. The summed E-state index contributed by atoms with van der Waals surface area (Å²) >= 11 is 7.37. The van der Waals surface area contributed by atoms with E-state index in [0.29, 0.717) is 38.2 Å². The third-order valence-electron chi connectivity index (χ3n) is 6.08. The van der Waals surface area contributed by atoms with Crippen LogP contribution < -0.4 is 14.9 Å². The van der Waals surface area contributed by atoms with E-state index in [1.807, 2.05) is 0 Å². The van der Waals surface area contributed by atoms with Crippen LogP contribution in [-0.4, -0.2) is 28.2 Å². The lowest BCUT2D eigenvalue weighted by Gasteiger charge is -2.24. The molecule has 1 unspecified atom stereocenters. The number of hydrogen-bond acceptors (Lipinski definition) is 7. The maximum absolute atomic E-state index is 13.7. The number of nitrogens with zero attached hydrogens (tertiary/aromatic N) is 2. The molecule has 198 valence electrons. The number of furan rings is 1. The van der Waals surface area contributed by atoms with Crippen molar-refractivity contribution in [2.75, 3.05) is 6.61 Å². The van der Waals surface area contributed by atoms with Gasteiger partial charge < -0.3 is 14.3 Å². The maximum Gasteiger partial charge on any atom is 0.338 e. The van der Waals surface area contributed by atoms with Gasteiger partial charge in [0.15, 0.2) is 4.80 Å². The topological polar surface area (TPSA) is 111 Å². The molecule has 2 aromatic heterocycles. The van der Waals surface area contributed by atoms with E-state index in [9.17, 15) is 23.9 Å². The molecule has 0 fully saturated rings. The maximum atomic E-state index is 13.7. The number of fused-ring (bicyclic) bond motifs is 1. The summed E-state index contributed by atoms with van der Waals surface area (Å²) < 4.78 is 26.5. The van der Waals surface area contributed by atoms with Crippen LogP contribution in [-0.2, 0) is 9.53 Å². The van der Waals surface area contributed by atoms with Crippen molar-refractivity contribution in [3.05, 3.63) is 113 Å². The van der Waals surface area contributed by atoms with Crippen LogP contribution >= 0.6 is 22.9 Å². The van der Waals surface area contributed by atoms with Crippen LogP contribution in [0.15, 0.2) is 80.1 Å². The molecule has 5 rings (SSSR count). The minimum atomic E-state index is -1.10. The molecule has 1 N–H and O–H groups in total. The summed E-state index contributed by atoms with van der Waals surface area (Å²) in [6.45, 7) is 3.47. The summed E-state index contributed by atoms with van der Waals surface area (Å²) in [5, 5.41) is 9.61. The highest BCUT2D eigenvalue weighted by atomic mass is 35.5. The summed E-state index contributed by atoms with van der Waals surface area (Å²) in [6.07, 6.45) is 1.54. The van der Waals surface area contributed by atoms with Gasteiger partial charge in [0.1, 0.15) is 17.3 Å². The van der Waals surface area contributed by atoms with Gasteiger partial charge in [0, 0.05) is 11.6 Å². The number of carboxylic acid groups (broad SMARTS) is 1. The third kappa shape index (κ3) is 4.96. The number of hydrogen-bond donors (Lipinski definition) is 1. The number of aromatic carboxylic acids is 1. The lowest BCUT2D eigenvalue weighted by atomic mass is 9.96. The summed E-state index contributed by atoms with van der Waals surface area (Å²) in [5.74, 6) is -1.52. The largest absolute Gasteiger partial charge is 0.478 e. The fourth-order valence-corrected chi connectivity index (χ4v) is 5.54. The van der Waals surface area contributed by atoms with Gasteiger partial charge in [-0.25, -0.2) is 19.0 Å². The molecule has 8 nitrogen and oxygen atoms in total. The number of carbonyl (C=O) groups excluding carboxylic acids is 1. The van der Waals surface area contributed by atoms with E-state index in [0.717, 1.165) is 11.3 Å². The lowest BCUT2D eigenvalue weighted by Crippen LogP contribution is -2.39. The number of ether oxygens (including phenoxy) is 1. The van der Waals surface area contributed by atoms with Gasteiger partial charge in [-0.3, -0.25) is 9.36 Å². The predicted octanol–water partition coefficient (Wildman–Crippen LogP) is 4.55. The molecule has 1 aliphatic rings. The number of allylic oxidation sites excluding steroid dienone is 1. The Morgan fingerprint density at radius 3 is 2.64 bits per heavy atom. The van der Waals surface area contributed by atoms with Crippen LogP contribution in [0.4, 0.5) is 4.39 Å². The van der Waals surface area contributed by atoms with E-state index in [2.05, 4.69) is 4.99 Å². The van der Waals surface area contributed by atoms with E-state index in [4.69, 9.17) is 20.8 Å². The second-order valence-electron chi connectivity index (χ2n) is 8.56. The minimum absolute atomic E-state index is 0.0502. The zero-order chi connectivity index (χ0) is 27.8. The number of rotatable bonds is 6. The van der Waals surface area contributed by atoms with E-state index in [1.54, 1.807) is 26.0 Å². The Bertz CT molecular complexity index is 1830. The van der Waals surface area contributed by atoms with Crippen molar-refractivity contribution in [3.8, 4) is 11.3 Å². The quantitative estimate of drug-likeness (QED) is 0.343. The monoisotopic (exact) mass is 566 g/mol. The molecule has 0 amide bonds. The minimum Gasteiger partial charge on any atom is -0.478 e. The number of carboxylic acids is 1. The van der Waals surface area contributed by atoms with Crippen molar-refractivity contribution in [2.45, 2.75) is 19.9 Å². The lowest BCUT2D eigenvalue weighted by molar-refractivity contribution is -0.139. The zero-order valence-electron chi connectivity index (χ0n) is 20.6. The van der Waals surface area contributed by atoms with Crippen molar-refractivity contribution < 1.29 is 28.2 Å². The van der Waals surface area contributed by atoms with E-state index < -0.39 is 29.4 Å². The smallest absolute Gasteiger partial charge is 0.338 e. The van der Waals surface area contributed by atoms with Crippen molar-refractivity contribution >= 4 is 41.0 Å². The fourth-order valence-electron chi connectivity index (χ4n) is 4.30. The number of carbonyl (C=O) groups is 2. The molecular weight excluding hydrogens is 547 g/mol. The molecule has 0 saturated heterocycles. The molecule has 39 heavy (non-hydrogen) atoms. The molecular formula is C28H20ClFN2O6S. The van der Waals surface area contributed by atoms with E-state index >= 15 is 0 Å². The van der Waals surface area contributed by atoms with Crippen LogP contribution in [0.25, 0.3) is 17.4 Å². The summed E-state index contributed by atoms with van der Waals surface area (Å²) in [6, 6.07) is 12.2. The summed E-state index contributed by atoms with van der Waals surface area (Å²) in [4.78, 5) is 42.8. The Kier molecular flexibility index (Phi) is 7.07. The van der Waals surface area contributed by atoms with Crippen LogP contribution in [0.5, 0.6) is 0 Å². The second-order valence-corrected chi connectivity index (χ2v) is 9.97. The van der Waals surface area contributed by atoms with Crippen molar-refractivity contribution in [2.24, 2.45) is 4.99 Å². The van der Waals surface area contributed by atoms with Crippen molar-refractivity contribution in [1.82, 2.24) is 4.57 Å². The Hall–Kier alpha value is -4.28. The van der Waals surface area contributed by atoms with Crippen molar-refractivity contribution in [1.29, 1.82) is 0 Å². The zero-order valence-corrected chi connectivity index (χ0v) is 22.2. The third-order valence-corrected chi connectivity index (χ3v) is 7.39.